The Hall–Kier alpha value is -2.37. The first kappa shape index (κ1) is 10.2. The molecule has 0 saturated carbocycles. The molecular weight excluding hydrogens is 206 g/mol. The molecule has 1 aromatic heterocycles. The lowest BCUT2D eigenvalue weighted by atomic mass is 10.1. The number of nitrogens with two attached hydrogens (primary N) is 1. The highest BCUT2D eigenvalue weighted by molar-refractivity contribution is 5.96. The van der Waals surface area contributed by atoms with Gasteiger partial charge in [0.25, 0.3) is 0 Å². The maximum absolute atomic E-state index is 9.65. The highest BCUT2D eigenvalue weighted by atomic mass is 16.3. The van der Waals surface area contributed by atoms with Crippen molar-refractivity contribution in [3.05, 3.63) is 23.8 Å². The molecule has 6 nitrogen and oxygen atoms in total. The molecule has 82 valence electrons. The van der Waals surface area contributed by atoms with Crippen molar-refractivity contribution in [1.82, 2.24) is 4.98 Å². The average Bonchev–Trinajstić information content (AvgIpc) is 2.52. The van der Waals surface area contributed by atoms with E-state index >= 15 is 0 Å². The fourth-order valence-corrected chi connectivity index (χ4v) is 1.59. The van der Waals surface area contributed by atoms with Gasteiger partial charge in [0.2, 0.25) is 11.8 Å². The van der Waals surface area contributed by atoms with Crippen LogP contribution in [0.1, 0.15) is 5.56 Å². The summed E-state index contributed by atoms with van der Waals surface area (Å²) in [5.74, 6) is -0.475. The van der Waals surface area contributed by atoms with Crippen molar-refractivity contribution in [2.24, 2.45) is 16.0 Å². The first-order valence-electron chi connectivity index (χ1n) is 4.65. The molecule has 0 radical (unpaired) electrons. The van der Waals surface area contributed by atoms with Gasteiger partial charge < -0.3 is 15.8 Å². The predicted octanol–water partition coefficient (Wildman–Crippen LogP) is 2.16. The molecule has 0 aliphatic carbocycles. The average molecular weight is 217 g/mol. The Morgan fingerprint density at radius 2 is 2.25 bits per heavy atom. The monoisotopic (exact) mass is 217 g/mol. The van der Waals surface area contributed by atoms with E-state index in [4.69, 9.17) is 11.1 Å². The van der Waals surface area contributed by atoms with Crippen molar-refractivity contribution in [1.29, 1.82) is 5.41 Å². The third kappa shape index (κ3) is 1.60. The molecule has 0 amide bonds. The first-order valence-corrected chi connectivity index (χ1v) is 4.65. The van der Waals surface area contributed by atoms with Crippen molar-refractivity contribution in [3.63, 3.8) is 0 Å². The number of aromatic hydroxyl groups is 1. The van der Waals surface area contributed by atoms with E-state index in [9.17, 15) is 5.11 Å². The van der Waals surface area contributed by atoms with Gasteiger partial charge in [-0.05, 0) is 18.6 Å². The fourth-order valence-electron chi connectivity index (χ4n) is 1.59. The Kier molecular flexibility index (Phi) is 2.32. The number of nitrogens with one attached hydrogen (secondary N) is 2. The lowest BCUT2D eigenvalue weighted by Crippen LogP contribution is -2.03. The third-order valence-electron chi connectivity index (χ3n) is 2.24. The van der Waals surface area contributed by atoms with Gasteiger partial charge in [0.15, 0.2) is 5.69 Å². The minimum absolute atomic E-state index is 0.0747. The Balaban J connectivity index is 2.68. The highest BCUT2D eigenvalue weighted by Gasteiger charge is 2.11. The molecule has 0 bridgehead atoms. The van der Waals surface area contributed by atoms with E-state index < -0.39 is 5.96 Å². The molecule has 0 unspecified atom stereocenters. The van der Waals surface area contributed by atoms with Crippen LogP contribution in [0.3, 0.4) is 0 Å². The molecule has 0 aliphatic rings. The van der Waals surface area contributed by atoms with E-state index in [1.54, 1.807) is 0 Å². The molecule has 0 spiro atoms. The normalized spacial score (nSPS) is 11.3. The van der Waals surface area contributed by atoms with Gasteiger partial charge in [-0.15, -0.1) is 10.2 Å². The SMILES string of the molecule is Cc1cccc2[nH]c(O)c(N=NC(=N)N)c12. The van der Waals surface area contributed by atoms with Gasteiger partial charge in [-0.25, -0.2) is 0 Å². The van der Waals surface area contributed by atoms with Crippen molar-refractivity contribution in [2.45, 2.75) is 6.92 Å². The van der Waals surface area contributed by atoms with Gasteiger partial charge in [0, 0.05) is 5.39 Å². The van der Waals surface area contributed by atoms with Crippen LogP contribution < -0.4 is 5.73 Å². The smallest absolute Gasteiger partial charge is 0.232 e. The van der Waals surface area contributed by atoms with Gasteiger partial charge in [-0.3, -0.25) is 5.41 Å². The van der Waals surface area contributed by atoms with Crippen LogP contribution in [0, 0.1) is 12.3 Å². The van der Waals surface area contributed by atoms with E-state index in [-0.39, 0.29) is 5.88 Å². The van der Waals surface area contributed by atoms with Crippen LogP contribution in [0.25, 0.3) is 10.9 Å². The number of hydrogen-bond donors (Lipinski definition) is 4. The summed E-state index contributed by atoms with van der Waals surface area (Å²) in [5.41, 5.74) is 7.12. The van der Waals surface area contributed by atoms with Crippen LogP contribution >= 0.6 is 0 Å². The first-order chi connectivity index (χ1) is 7.59. The number of rotatable bonds is 1. The van der Waals surface area contributed by atoms with Gasteiger partial charge in [0.05, 0.1) is 5.52 Å². The van der Waals surface area contributed by atoms with Gasteiger partial charge >= 0.3 is 0 Å². The number of nitrogens with zero attached hydrogens (tertiary/aromatic N) is 2. The lowest BCUT2D eigenvalue weighted by molar-refractivity contribution is 0.459. The number of guanidine groups is 1. The molecule has 6 heteroatoms. The zero-order valence-corrected chi connectivity index (χ0v) is 8.65. The lowest BCUT2D eigenvalue weighted by Gasteiger charge is -1.95. The Bertz CT molecular complexity index is 584. The Morgan fingerprint density at radius 1 is 1.50 bits per heavy atom. The number of aromatic nitrogens is 1. The second-order valence-electron chi connectivity index (χ2n) is 3.40. The molecule has 1 heterocycles. The fraction of sp³-hybridized carbons (Fsp3) is 0.100. The van der Waals surface area contributed by atoms with Crippen LogP contribution in [-0.4, -0.2) is 16.1 Å². The zero-order chi connectivity index (χ0) is 11.7. The minimum atomic E-state index is -0.401. The zero-order valence-electron chi connectivity index (χ0n) is 8.65. The maximum atomic E-state index is 9.65. The van der Waals surface area contributed by atoms with Crippen LogP contribution in [0.5, 0.6) is 5.88 Å². The summed E-state index contributed by atoms with van der Waals surface area (Å²) in [4.78, 5) is 2.78. The number of aromatic amines is 1. The summed E-state index contributed by atoms with van der Waals surface area (Å²) in [7, 11) is 0. The molecule has 1 aromatic carbocycles. The molecule has 0 saturated heterocycles. The molecule has 0 atom stereocenters. The van der Waals surface area contributed by atoms with E-state index in [0.29, 0.717) is 5.69 Å². The van der Waals surface area contributed by atoms with Crippen molar-refractivity contribution in [3.8, 4) is 5.88 Å². The summed E-state index contributed by atoms with van der Waals surface area (Å²) in [6.07, 6.45) is 0. The van der Waals surface area contributed by atoms with Gasteiger partial charge in [-0.2, -0.15) is 0 Å². The van der Waals surface area contributed by atoms with E-state index in [2.05, 4.69) is 15.2 Å². The number of azo groups is 1. The summed E-state index contributed by atoms with van der Waals surface area (Å²) in [5, 5.41) is 24.6. The molecule has 2 rings (SSSR count). The summed E-state index contributed by atoms with van der Waals surface area (Å²) < 4.78 is 0. The number of fused-ring (bicyclic) bond motifs is 1. The van der Waals surface area contributed by atoms with Crippen molar-refractivity contribution < 1.29 is 5.11 Å². The largest absolute Gasteiger partial charge is 0.493 e. The molecule has 16 heavy (non-hydrogen) atoms. The quantitative estimate of drug-likeness (QED) is 0.333. The topological polar surface area (TPSA) is 111 Å². The molecule has 5 N–H and O–H groups in total. The second-order valence-corrected chi connectivity index (χ2v) is 3.40. The maximum Gasteiger partial charge on any atom is 0.232 e. The van der Waals surface area contributed by atoms with Crippen LogP contribution in [0.4, 0.5) is 5.69 Å². The van der Waals surface area contributed by atoms with Crippen LogP contribution in [0.15, 0.2) is 28.4 Å². The Labute approximate surface area is 91.3 Å². The van der Waals surface area contributed by atoms with Crippen molar-refractivity contribution >= 4 is 22.5 Å². The van der Waals surface area contributed by atoms with E-state index in [1.807, 2.05) is 25.1 Å². The highest BCUT2D eigenvalue weighted by Crippen LogP contribution is 2.37. The predicted molar refractivity (Wildman–Crippen MR) is 61.1 cm³/mol. The Morgan fingerprint density at radius 3 is 2.94 bits per heavy atom. The number of hydrogen-bond acceptors (Lipinski definition) is 3. The number of H-pyrrole nitrogens is 1. The summed E-state index contributed by atoms with van der Waals surface area (Å²) >= 11 is 0. The number of aryl methyl sites for hydroxylation is 1. The van der Waals surface area contributed by atoms with Crippen LogP contribution in [0.2, 0.25) is 0 Å². The van der Waals surface area contributed by atoms with E-state index in [0.717, 1.165) is 16.5 Å². The minimum Gasteiger partial charge on any atom is -0.493 e. The van der Waals surface area contributed by atoms with Crippen LogP contribution in [-0.2, 0) is 0 Å². The standard InChI is InChI=1S/C10H11N5O/c1-5-3-2-4-6-7(5)8(9(16)13-6)14-15-10(11)12/h2-4,13,16H,1H3,(H3,11,12). The third-order valence-corrected chi connectivity index (χ3v) is 2.24. The van der Waals surface area contributed by atoms with E-state index in [1.165, 1.54) is 0 Å². The summed E-state index contributed by atoms with van der Waals surface area (Å²) in [6, 6.07) is 5.61. The van der Waals surface area contributed by atoms with Crippen molar-refractivity contribution in [2.75, 3.05) is 0 Å². The molecule has 0 aliphatic heterocycles. The summed E-state index contributed by atoms with van der Waals surface area (Å²) in [6.45, 7) is 1.91. The van der Waals surface area contributed by atoms with Gasteiger partial charge in [-0.1, -0.05) is 12.1 Å². The second kappa shape index (κ2) is 3.65. The number of benzene rings is 1. The van der Waals surface area contributed by atoms with Gasteiger partial charge in [0.1, 0.15) is 0 Å². The molecule has 2 aromatic rings. The molecular formula is C10H11N5O. The molecule has 0 fully saturated rings.